The molecule has 0 aliphatic carbocycles. The molecule has 1 N–H and O–H groups in total. The highest BCUT2D eigenvalue weighted by Crippen LogP contribution is 2.22. The summed E-state index contributed by atoms with van der Waals surface area (Å²) in [5.41, 5.74) is 0. The van der Waals surface area contributed by atoms with Crippen molar-refractivity contribution in [3.8, 4) is 0 Å². The third kappa shape index (κ3) is 3.10. The average molecular weight is 276 g/mol. The Labute approximate surface area is 96.8 Å². The van der Waals surface area contributed by atoms with Crippen LogP contribution < -0.4 is 5.32 Å². The van der Waals surface area contributed by atoms with Crippen molar-refractivity contribution in [3.63, 3.8) is 0 Å². The average Bonchev–Trinajstić information content (AvgIpc) is 2.59. The Morgan fingerprint density at radius 1 is 1.71 bits per heavy atom. The zero-order valence-electron chi connectivity index (χ0n) is 8.34. The summed E-state index contributed by atoms with van der Waals surface area (Å²) < 4.78 is 1.08. The second-order valence-electron chi connectivity index (χ2n) is 3.22. The fourth-order valence-electron chi connectivity index (χ4n) is 0.978. The third-order valence-electron chi connectivity index (χ3n) is 2.17. The fourth-order valence-corrected chi connectivity index (χ4v) is 2.41. The number of hydrogen-bond donors (Lipinski definition) is 1. The van der Waals surface area contributed by atoms with E-state index in [0.717, 1.165) is 10.9 Å². The first-order valence-corrected chi connectivity index (χ1v) is 6.32. The van der Waals surface area contributed by atoms with Crippen molar-refractivity contribution in [2.24, 2.45) is 5.92 Å². The first-order valence-electron chi connectivity index (χ1n) is 4.64. The van der Waals surface area contributed by atoms with E-state index in [1.165, 1.54) is 4.88 Å². The van der Waals surface area contributed by atoms with Crippen molar-refractivity contribution in [1.82, 2.24) is 5.32 Å². The summed E-state index contributed by atoms with van der Waals surface area (Å²) in [6, 6.07) is 2.00. The first kappa shape index (κ1) is 11.7. The Hall–Kier alpha value is -0.350. The van der Waals surface area contributed by atoms with E-state index in [4.69, 9.17) is 0 Å². The largest absolute Gasteiger partial charge is 0.351 e. The van der Waals surface area contributed by atoms with Crippen molar-refractivity contribution in [1.29, 1.82) is 0 Å². The summed E-state index contributed by atoms with van der Waals surface area (Å²) in [5, 5.41) is 4.93. The second-order valence-corrected chi connectivity index (χ2v) is 5.07. The van der Waals surface area contributed by atoms with Crippen LogP contribution in [-0.2, 0) is 11.3 Å². The van der Waals surface area contributed by atoms with Gasteiger partial charge in [0, 0.05) is 15.3 Å². The molecule has 0 aliphatic rings. The van der Waals surface area contributed by atoms with E-state index in [1.807, 2.05) is 25.3 Å². The molecule has 1 unspecified atom stereocenters. The Bertz CT molecular complexity index is 311. The fraction of sp³-hybridized carbons (Fsp3) is 0.500. The summed E-state index contributed by atoms with van der Waals surface area (Å²) in [7, 11) is 0. The van der Waals surface area contributed by atoms with Crippen molar-refractivity contribution in [2.75, 3.05) is 0 Å². The predicted octanol–water partition coefficient (Wildman–Crippen LogP) is 3.17. The van der Waals surface area contributed by atoms with E-state index in [9.17, 15) is 4.79 Å². The molecule has 1 heterocycles. The number of amides is 1. The van der Waals surface area contributed by atoms with Crippen LogP contribution in [0.3, 0.4) is 0 Å². The molecule has 78 valence electrons. The summed E-state index contributed by atoms with van der Waals surface area (Å²) in [6.07, 6.45) is 0.886. The molecule has 1 amide bonds. The SMILES string of the molecule is CCC(C)C(=O)NCc1sccc1Br. The molecular weight excluding hydrogens is 262 g/mol. The maximum Gasteiger partial charge on any atom is 0.223 e. The summed E-state index contributed by atoms with van der Waals surface area (Å²) in [6.45, 7) is 4.59. The molecular formula is C10H14BrNOS. The monoisotopic (exact) mass is 275 g/mol. The zero-order chi connectivity index (χ0) is 10.6. The number of halogens is 1. The van der Waals surface area contributed by atoms with E-state index < -0.39 is 0 Å². The number of carbonyl (C=O) groups is 1. The van der Waals surface area contributed by atoms with Gasteiger partial charge < -0.3 is 5.32 Å². The van der Waals surface area contributed by atoms with Gasteiger partial charge in [0.2, 0.25) is 5.91 Å². The lowest BCUT2D eigenvalue weighted by atomic mass is 10.1. The quantitative estimate of drug-likeness (QED) is 0.899. The molecule has 1 aromatic heterocycles. The Balaban J connectivity index is 2.41. The van der Waals surface area contributed by atoms with Gasteiger partial charge in [-0.1, -0.05) is 13.8 Å². The van der Waals surface area contributed by atoms with Crippen molar-refractivity contribution in [2.45, 2.75) is 26.8 Å². The van der Waals surface area contributed by atoms with Gasteiger partial charge in [-0.2, -0.15) is 0 Å². The molecule has 1 atom stereocenters. The molecule has 0 aromatic carbocycles. The van der Waals surface area contributed by atoms with Gasteiger partial charge in [0.1, 0.15) is 0 Å². The van der Waals surface area contributed by atoms with Gasteiger partial charge in [-0.05, 0) is 33.8 Å². The smallest absolute Gasteiger partial charge is 0.223 e. The summed E-state index contributed by atoms with van der Waals surface area (Å²) in [4.78, 5) is 12.6. The van der Waals surface area contributed by atoms with Gasteiger partial charge in [0.15, 0.2) is 0 Å². The molecule has 2 nitrogen and oxygen atoms in total. The van der Waals surface area contributed by atoms with Crippen molar-refractivity contribution < 1.29 is 4.79 Å². The van der Waals surface area contributed by atoms with E-state index in [2.05, 4.69) is 21.2 Å². The molecule has 1 aromatic rings. The van der Waals surface area contributed by atoms with Gasteiger partial charge in [0.05, 0.1) is 6.54 Å². The number of rotatable bonds is 4. The highest BCUT2D eigenvalue weighted by Gasteiger charge is 2.10. The highest BCUT2D eigenvalue weighted by atomic mass is 79.9. The molecule has 0 saturated carbocycles. The van der Waals surface area contributed by atoms with Crippen LogP contribution >= 0.6 is 27.3 Å². The van der Waals surface area contributed by atoms with Crippen LogP contribution in [0.5, 0.6) is 0 Å². The number of thiophene rings is 1. The molecule has 0 saturated heterocycles. The molecule has 0 aliphatic heterocycles. The number of carbonyl (C=O) groups excluding carboxylic acids is 1. The normalized spacial score (nSPS) is 12.5. The van der Waals surface area contributed by atoms with Crippen molar-refractivity contribution >= 4 is 33.2 Å². The van der Waals surface area contributed by atoms with Gasteiger partial charge >= 0.3 is 0 Å². The van der Waals surface area contributed by atoms with E-state index in [1.54, 1.807) is 11.3 Å². The topological polar surface area (TPSA) is 29.1 Å². The molecule has 0 fully saturated rings. The van der Waals surface area contributed by atoms with Gasteiger partial charge in [-0.3, -0.25) is 4.79 Å². The minimum Gasteiger partial charge on any atom is -0.351 e. The third-order valence-corrected chi connectivity index (χ3v) is 4.10. The molecule has 0 spiro atoms. The lowest BCUT2D eigenvalue weighted by Crippen LogP contribution is -2.28. The second kappa shape index (κ2) is 5.51. The van der Waals surface area contributed by atoms with Crippen LogP contribution in [0.4, 0.5) is 0 Å². The van der Waals surface area contributed by atoms with Crippen LogP contribution in [0.1, 0.15) is 25.1 Å². The van der Waals surface area contributed by atoms with Gasteiger partial charge in [0.25, 0.3) is 0 Å². The lowest BCUT2D eigenvalue weighted by molar-refractivity contribution is -0.124. The minimum atomic E-state index is 0.105. The predicted molar refractivity (Wildman–Crippen MR) is 63.3 cm³/mol. The first-order chi connectivity index (χ1) is 6.65. The van der Waals surface area contributed by atoms with Crippen LogP contribution in [0.25, 0.3) is 0 Å². The standard InChI is InChI=1S/C10H14BrNOS/c1-3-7(2)10(13)12-6-9-8(11)4-5-14-9/h4-5,7H,3,6H2,1-2H3,(H,12,13). The molecule has 0 radical (unpaired) electrons. The van der Waals surface area contributed by atoms with Crippen LogP contribution in [0.2, 0.25) is 0 Å². The Morgan fingerprint density at radius 2 is 2.43 bits per heavy atom. The van der Waals surface area contributed by atoms with Gasteiger partial charge in [-0.15, -0.1) is 11.3 Å². The van der Waals surface area contributed by atoms with Crippen LogP contribution in [-0.4, -0.2) is 5.91 Å². The van der Waals surface area contributed by atoms with E-state index in [-0.39, 0.29) is 11.8 Å². The number of nitrogens with one attached hydrogen (secondary N) is 1. The van der Waals surface area contributed by atoms with Crippen LogP contribution in [0.15, 0.2) is 15.9 Å². The molecule has 4 heteroatoms. The van der Waals surface area contributed by atoms with E-state index >= 15 is 0 Å². The molecule has 14 heavy (non-hydrogen) atoms. The Morgan fingerprint density at radius 3 is 2.93 bits per heavy atom. The molecule has 1 rings (SSSR count). The number of hydrogen-bond acceptors (Lipinski definition) is 2. The maximum atomic E-state index is 11.5. The molecule has 0 bridgehead atoms. The summed E-state index contributed by atoms with van der Waals surface area (Å²) in [5.74, 6) is 0.238. The maximum absolute atomic E-state index is 11.5. The zero-order valence-corrected chi connectivity index (χ0v) is 10.7. The van der Waals surface area contributed by atoms with Crippen LogP contribution in [0, 0.1) is 5.92 Å². The van der Waals surface area contributed by atoms with Gasteiger partial charge in [-0.25, -0.2) is 0 Å². The minimum absolute atomic E-state index is 0.105. The highest BCUT2D eigenvalue weighted by molar-refractivity contribution is 9.10. The summed E-state index contributed by atoms with van der Waals surface area (Å²) >= 11 is 5.08. The Kier molecular flexibility index (Phi) is 4.62. The lowest BCUT2D eigenvalue weighted by Gasteiger charge is -2.08. The van der Waals surface area contributed by atoms with Crippen molar-refractivity contribution in [3.05, 3.63) is 20.8 Å². The van der Waals surface area contributed by atoms with E-state index in [0.29, 0.717) is 6.54 Å².